The minimum absolute atomic E-state index is 0.0581. The van der Waals surface area contributed by atoms with E-state index in [-0.39, 0.29) is 10.8 Å². The van der Waals surface area contributed by atoms with Crippen LogP contribution in [-0.2, 0) is 16.6 Å². The van der Waals surface area contributed by atoms with Crippen molar-refractivity contribution in [2.45, 2.75) is 26.4 Å². The number of piperazine rings is 1. The van der Waals surface area contributed by atoms with Crippen LogP contribution in [0, 0.1) is 0 Å². The van der Waals surface area contributed by atoms with Crippen LogP contribution in [0.1, 0.15) is 19.7 Å². The normalized spacial score (nSPS) is 15.7. The van der Waals surface area contributed by atoms with Gasteiger partial charge in [0.1, 0.15) is 0 Å². The first-order valence-electron chi connectivity index (χ1n) is 11.6. The maximum absolute atomic E-state index is 11.7. The summed E-state index contributed by atoms with van der Waals surface area (Å²) in [7, 11) is -3.52. The standard InChI is InChI=1S/C23H27ClN8O3S/c1-14(2)32-6-4-31(5-7-32)13-21-28-29-23(35-21)17-8-15(9-19-18(17)12-26-27-19)16-10-20(22(24)25-11-16)30-36(3,33)34/h8-12,14,30H,4-7,13H2,1-3H3,(H,26,27). The topological polar surface area (TPSA) is 133 Å². The summed E-state index contributed by atoms with van der Waals surface area (Å²) in [4.78, 5) is 8.92. The van der Waals surface area contributed by atoms with E-state index in [0.717, 1.165) is 48.9 Å². The monoisotopic (exact) mass is 530 g/mol. The van der Waals surface area contributed by atoms with Crippen LogP contribution in [0.5, 0.6) is 0 Å². The van der Waals surface area contributed by atoms with E-state index in [1.807, 2.05) is 12.1 Å². The molecule has 0 aliphatic carbocycles. The number of aromatic nitrogens is 5. The molecular weight excluding hydrogens is 504 g/mol. The summed E-state index contributed by atoms with van der Waals surface area (Å²) in [5.41, 5.74) is 3.09. The summed E-state index contributed by atoms with van der Waals surface area (Å²) in [6, 6.07) is 5.97. The predicted molar refractivity (Wildman–Crippen MR) is 138 cm³/mol. The molecule has 0 saturated carbocycles. The second-order valence-electron chi connectivity index (χ2n) is 9.20. The Hall–Kier alpha value is -3.06. The number of rotatable bonds is 7. The van der Waals surface area contributed by atoms with Crippen LogP contribution in [-0.4, -0.2) is 82.1 Å². The molecule has 1 fully saturated rings. The number of aromatic amines is 1. The number of nitrogens with zero attached hydrogens (tertiary/aromatic N) is 6. The van der Waals surface area contributed by atoms with E-state index >= 15 is 0 Å². The smallest absolute Gasteiger partial charge is 0.248 e. The highest BCUT2D eigenvalue weighted by Gasteiger charge is 2.22. The number of hydrogen-bond donors (Lipinski definition) is 2. The van der Waals surface area contributed by atoms with Crippen LogP contribution in [0.25, 0.3) is 33.5 Å². The maximum atomic E-state index is 11.7. The van der Waals surface area contributed by atoms with Gasteiger partial charge in [-0.3, -0.25) is 19.6 Å². The molecule has 3 aromatic heterocycles. The van der Waals surface area contributed by atoms with Gasteiger partial charge in [0, 0.05) is 49.4 Å². The lowest BCUT2D eigenvalue weighted by molar-refractivity contribution is 0.0979. The Kier molecular flexibility index (Phi) is 6.68. The molecule has 0 bridgehead atoms. The summed E-state index contributed by atoms with van der Waals surface area (Å²) in [6.45, 7) is 8.95. The van der Waals surface area contributed by atoms with Gasteiger partial charge in [0.05, 0.1) is 35.8 Å². The average molecular weight is 531 g/mol. The first-order valence-corrected chi connectivity index (χ1v) is 13.8. The fourth-order valence-corrected chi connectivity index (χ4v) is 5.09. The Labute approximate surface area is 213 Å². The van der Waals surface area contributed by atoms with E-state index in [2.05, 4.69) is 53.7 Å². The van der Waals surface area contributed by atoms with Crippen molar-refractivity contribution in [3.8, 4) is 22.6 Å². The Morgan fingerprint density at radius 2 is 1.89 bits per heavy atom. The Balaban J connectivity index is 1.44. The van der Waals surface area contributed by atoms with Gasteiger partial charge in [0.25, 0.3) is 0 Å². The number of H-pyrrole nitrogens is 1. The number of nitrogens with one attached hydrogen (secondary N) is 2. The van der Waals surface area contributed by atoms with Gasteiger partial charge in [-0.05, 0) is 37.6 Å². The fraction of sp³-hybridized carbons (Fsp3) is 0.391. The average Bonchev–Trinajstić information content (AvgIpc) is 3.49. The molecule has 0 unspecified atom stereocenters. The second-order valence-corrected chi connectivity index (χ2v) is 11.3. The maximum Gasteiger partial charge on any atom is 0.248 e. The molecule has 1 saturated heterocycles. The Morgan fingerprint density at radius 3 is 2.61 bits per heavy atom. The number of anilines is 1. The quantitative estimate of drug-likeness (QED) is 0.345. The van der Waals surface area contributed by atoms with Crippen molar-refractivity contribution in [2.24, 2.45) is 0 Å². The third-order valence-corrected chi connectivity index (χ3v) is 7.11. The highest BCUT2D eigenvalue weighted by Crippen LogP contribution is 2.34. The first-order chi connectivity index (χ1) is 17.2. The van der Waals surface area contributed by atoms with Gasteiger partial charge in [-0.15, -0.1) is 10.2 Å². The van der Waals surface area contributed by atoms with Gasteiger partial charge in [-0.1, -0.05) is 11.6 Å². The largest absolute Gasteiger partial charge is 0.419 e. The molecule has 0 radical (unpaired) electrons. The first kappa shape index (κ1) is 24.6. The molecule has 1 aromatic carbocycles. The lowest BCUT2D eigenvalue weighted by atomic mass is 10.0. The number of benzene rings is 1. The van der Waals surface area contributed by atoms with Crippen molar-refractivity contribution in [3.05, 3.63) is 41.6 Å². The summed E-state index contributed by atoms with van der Waals surface area (Å²) in [5, 5.41) is 16.6. The number of hydrogen-bond acceptors (Lipinski definition) is 9. The van der Waals surface area contributed by atoms with Gasteiger partial charge >= 0.3 is 0 Å². The predicted octanol–water partition coefficient (Wildman–Crippen LogP) is 3.23. The molecule has 13 heteroatoms. The van der Waals surface area contributed by atoms with Crippen LogP contribution in [0.15, 0.2) is 35.0 Å². The Morgan fingerprint density at radius 1 is 1.11 bits per heavy atom. The molecule has 1 aliphatic rings. The molecule has 0 spiro atoms. The van der Waals surface area contributed by atoms with E-state index in [1.54, 1.807) is 18.5 Å². The van der Waals surface area contributed by atoms with Gasteiger partial charge in [0.15, 0.2) is 5.15 Å². The Bertz CT molecular complexity index is 1490. The number of fused-ring (bicyclic) bond motifs is 1. The zero-order valence-corrected chi connectivity index (χ0v) is 21.8. The number of halogens is 1. The van der Waals surface area contributed by atoms with E-state index in [1.165, 1.54) is 0 Å². The molecule has 0 amide bonds. The molecule has 4 heterocycles. The lowest BCUT2D eigenvalue weighted by Gasteiger charge is -2.36. The summed E-state index contributed by atoms with van der Waals surface area (Å²) < 4.78 is 31.9. The lowest BCUT2D eigenvalue weighted by Crippen LogP contribution is -2.48. The minimum atomic E-state index is -3.52. The summed E-state index contributed by atoms with van der Waals surface area (Å²) in [5.74, 6) is 0.938. The molecule has 36 heavy (non-hydrogen) atoms. The van der Waals surface area contributed by atoms with E-state index in [4.69, 9.17) is 16.0 Å². The van der Waals surface area contributed by atoms with E-state index in [9.17, 15) is 8.42 Å². The van der Waals surface area contributed by atoms with Gasteiger partial charge in [0.2, 0.25) is 21.8 Å². The fourth-order valence-electron chi connectivity index (χ4n) is 4.33. The van der Waals surface area contributed by atoms with Crippen molar-refractivity contribution in [2.75, 3.05) is 37.2 Å². The third-order valence-electron chi connectivity index (χ3n) is 6.22. The molecule has 4 aromatic rings. The van der Waals surface area contributed by atoms with Gasteiger partial charge in [-0.25, -0.2) is 13.4 Å². The van der Waals surface area contributed by atoms with E-state index < -0.39 is 10.0 Å². The SMILES string of the molecule is CC(C)N1CCN(Cc2nnc(-c3cc(-c4cnc(Cl)c(NS(C)(=O)=O)c4)cc4[nH]ncc34)o2)CC1. The number of sulfonamides is 1. The van der Waals surface area contributed by atoms with Crippen molar-refractivity contribution in [3.63, 3.8) is 0 Å². The highest BCUT2D eigenvalue weighted by atomic mass is 35.5. The molecule has 190 valence electrons. The van der Waals surface area contributed by atoms with Gasteiger partial charge in [-0.2, -0.15) is 5.10 Å². The molecule has 2 N–H and O–H groups in total. The molecular formula is C23H27ClN8O3S. The van der Waals surface area contributed by atoms with Crippen LogP contribution >= 0.6 is 11.6 Å². The van der Waals surface area contributed by atoms with Gasteiger partial charge < -0.3 is 4.42 Å². The molecule has 11 nitrogen and oxygen atoms in total. The van der Waals surface area contributed by atoms with Crippen LogP contribution in [0.4, 0.5) is 5.69 Å². The molecule has 5 rings (SSSR count). The van der Waals surface area contributed by atoms with Crippen LogP contribution < -0.4 is 4.72 Å². The highest BCUT2D eigenvalue weighted by molar-refractivity contribution is 7.92. The van der Waals surface area contributed by atoms with Crippen molar-refractivity contribution < 1.29 is 12.8 Å². The molecule has 1 aliphatic heterocycles. The molecule has 0 atom stereocenters. The summed E-state index contributed by atoms with van der Waals surface area (Å²) >= 11 is 6.11. The van der Waals surface area contributed by atoms with Crippen molar-refractivity contribution in [1.82, 2.24) is 35.2 Å². The van der Waals surface area contributed by atoms with Crippen LogP contribution in [0.3, 0.4) is 0 Å². The number of pyridine rings is 1. The zero-order valence-electron chi connectivity index (χ0n) is 20.2. The zero-order chi connectivity index (χ0) is 25.4. The van der Waals surface area contributed by atoms with Crippen molar-refractivity contribution >= 4 is 38.2 Å². The minimum Gasteiger partial charge on any atom is -0.419 e. The van der Waals surface area contributed by atoms with Crippen molar-refractivity contribution in [1.29, 1.82) is 0 Å². The summed E-state index contributed by atoms with van der Waals surface area (Å²) in [6.07, 6.45) is 4.34. The van der Waals surface area contributed by atoms with E-state index in [0.29, 0.717) is 35.5 Å². The second kappa shape index (κ2) is 9.77. The van der Waals surface area contributed by atoms with Crippen LogP contribution in [0.2, 0.25) is 5.15 Å². The third kappa shape index (κ3) is 5.36.